The monoisotopic (exact) mass is 296 g/mol. The van der Waals surface area contributed by atoms with Crippen molar-refractivity contribution in [2.45, 2.75) is 25.8 Å². The molecule has 0 aliphatic carbocycles. The molecule has 17 heavy (non-hydrogen) atoms. The number of nitrogens with two attached hydrogens (primary N) is 1. The van der Waals surface area contributed by atoms with Crippen molar-refractivity contribution in [2.75, 3.05) is 6.61 Å². The molecule has 1 atom stereocenters. The van der Waals surface area contributed by atoms with Crippen LogP contribution in [0.2, 0.25) is 0 Å². The molecule has 1 unspecified atom stereocenters. The largest absolute Gasteiger partial charge is 0.501 e. The van der Waals surface area contributed by atoms with Crippen LogP contribution in [-0.4, -0.2) is 6.61 Å². The standard InChI is InChI=1S/C13H17BrN2O/c1-9-4-5-10(7-12(9)14)13(16-15)11-3-2-6-17-8-11/h4-5,7-8,13,16H,2-3,6,15H2,1H3. The second-order valence-electron chi connectivity index (χ2n) is 4.28. The number of hydrogen-bond donors (Lipinski definition) is 2. The summed E-state index contributed by atoms with van der Waals surface area (Å²) in [5.74, 6) is 5.66. The SMILES string of the molecule is Cc1ccc(C(NN)C2=COCCC2)cc1Br. The zero-order valence-electron chi connectivity index (χ0n) is 9.87. The third-order valence-corrected chi connectivity index (χ3v) is 3.88. The van der Waals surface area contributed by atoms with Gasteiger partial charge in [-0.2, -0.15) is 0 Å². The highest BCUT2D eigenvalue weighted by atomic mass is 79.9. The van der Waals surface area contributed by atoms with Gasteiger partial charge in [0.05, 0.1) is 18.9 Å². The molecular formula is C13H17BrN2O. The number of hydrogen-bond acceptors (Lipinski definition) is 3. The van der Waals surface area contributed by atoms with E-state index >= 15 is 0 Å². The van der Waals surface area contributed by atoms with E-state index in [0.29, 0.717) is 0 Å². The molecular weight excluding hydrogens is 280 g/mol. The molecule has 1 aromatic carbocycles. The summed E-state index contributed by atoms with van der Waals surface area (Å²) in [5.41, 5.74) is 6.44. The van der Waals surface area contributed by atoms with Gasteiger partial charge in [0.2, 0.25) is 0 Å². The maximum Gasteiger partial charge on any atom is 0.0876 e. The number of hydrazine groups is 1. The second-order valence-corrected chi connectivity index (χ2v) is 5.13. The summed E-state index contributed by atoms with van der Waals surface area (Å²) in [6, 6.07) is 6.33. The van der Waals surface area contributed by atoms with Crippen LogP contribution in [0.15, 0.2) is 34.5 Å². The highest BCUT2D eigenvalue weighted by Gasteiger charge is 2.18. The predicted octanol–water partition coefficient (Wildman–Crippen LogP) is 2.96. The average molecular weight is 297 g/mol. The van der Waals surface area contributed by atoms with Gasteiger partial charge in [0.15, 0.2) is 0 Å². The van der Waals surface area contributed by atoms with E-state index < -0.39 is 0 Å². The molecule has 2 rings (SSSR count). The molecule has 1 heterocycles. The summed E-state index contributed by atoms with van der Waals surface area (Å²) < 4.78 is 6.48. The minimum atomic E-state index is 0.0344. The van der Waals surface area contributed by atoms with Crippen LogP contribution >= 0.6 is 15.9 Å². The lowest BCUT2D eigenvalue weighted by Crippen LogP contribution is -2.30. The van der Waals surface area contributed by atoms with E-state index in [9.17, 15) is 0 Å². The van der Waals surface area contributed by atoms with Gasteiger partial charge in [-0.25, -0.2) is 5.43 Å². The molecule has 3 nitrogen and oxygen atoms in total. The third-order valence-electron chi connectivity index (χ3n) is 3.03. The van der Waals surface area contributed by atoms with E-state index in [0.717, 1.165) is 29.5 Å². The van der Waals surface area contributed by atoms with Crippen LogP contribution in [0.1, 0.15) is 30.0 Å². The Kier molecular flexibility index (Phi) is 4.20. The highest BCUT2D eigenvalue weighted by Crippen LogP contribution is 2.29. The predicted molar refractivity (Wildman–Crippen MR) is 72.2 cm³/mol. The number of ether oxygens (including phenoxy) is 1. The van der Waals surface area contributed by atoms with Crippen LogP contribution in [0, 0.1) is 6.92 Å². The normalized spacial score (nSPS) is 17.2. The van der Waals surface area contributed by atoms with Crippen LogP contribution in [0.4, 0.5) is 0 Å². The third kappa shape index (κ3) is 2.89. The Morgan fingerprint density at radius 3 is 2.88 bits per heavy atom. The lowest BCUT2D eigenvalue weighted by atomic mass is 9.95. The second kappa shape index (κ2) is 5.67. The molecule has 0 spiro atoms. The summed E-state index contributed by atoms with van der Waals surface area (Å²) in [6.45, 7) is 2.88. The molecule has 92 valence electrons. The minimum absolute atomic E-state index is 0.0344. The molecule has 0 radical (unpaired) electrons. The van der Waals surface area contributed by atoms with Gasteiger partial charge < -0.3 is 4.74 Å². The maximum atomic E-state index is 5.66. The van der Waals surface area contributed by atoms with Crippen molar-refractivity contribution >= 4 is 15.9 Å². The van der Waals surface area contributed by atoms with Gasteiger partial charge in [-0.05, 0) is 42.5 Å². The molecule has 1 aliphatic heterocycles. The quantitative estimate of drug-likeness (QED) is 0.666. The zero-order valence-corrected chi connectivity index (χ0v) is 11.5. The van der Waals surface area contributed by atoms with Crippen LogP contribution in [0.25, 0.3) is 0 Å². The highest BCUT2D eigenvalue weighted by molar-refractivity contribution is 9.10. The van der Waals surface area contributed by atoms with Crippen molar-refractivity contribution in [2.24, 2.45) is 5.84 Å². The first-order valence-corrected chi connectivity index (χ1v) is 6.54. The summed E-state index contributed by atoms with van der Waals surface area (Å²) in [4.78, 5) is 0. The smallest absolute Gasteiger partial charge is 0.0876 e. The van der Waals surface area contributed by atoms with Gasteiger partial charge in [0, 0.05) is 4.47 Å². The summed E-state index contributed by atoms with van der Waals surface area (Å²) in [7, 11) is 0. The Balaban J connectivity index is 2.28. The van der Waals surface area contributed by atoms with E-state index in [-0.39, 0.29) is 6.04 Å². The first kappa shape index (κ1) is 12.6. The van der Waals surface area contributed by atoms with Crippen LogP contribution in [0.3, 0.4) is 0 Å². The fourth-order valence-electron chi connectivity index (χ4n) is 2.00. The molecule has 3 N–H and O–H groups in total. The molecule has 0 amide bonds. The first-order valence-electron chi connectivity index (χ1n) is 5.75. The first-order chi connectivity index (χ1) is 8.22. The number of benzene rings is 1. The lowest BCUT2D eigenvalue weighted by molar-refractivity contribution is 0.219. The Bertz CT molecular complexity index is 431. The van der Waals surface area contributed by atoms with E-state index in [2.05, 4.69) is 46.5 Å². The number of aryl methyl sites for hydroxylation is 1. The molecule has 1 aromatic rings. The van der Waals surface area contributed by atoms with Crippen molar-refractivity contribution in [3.05, 3.63) is 45.6 Å². The Labute approximate surface area is 110 Å². The fraction of sp³-hybridized carbons (Fsp3) is 0.385. The summed E-state index contributed by atoms with van der Waals surface area (Å²) >= 11 is 3.55. The minimum Gasteiger partial charge on any atom is -0.501 e. The fourth-order valence-corrected chi connectivity index (χ4v) is 2.40. The average Bonchev–Trinajstić information content (AvgIpc) is 2.36. The molecule has 0 fully saturated rings. The topological polar surface area (TPSA) is 47.3 Å². The molecule has 0 saturated carbocycles. The Morgan fingerprint density at radius 2 is 2.29 bits per heavy atom. The van der Waals surface area contributed by atoms with Crippen LogP contribution in [-0.2, 0) is 4.74 Å². The zero-order chi connectivity index (χ0) is 12.3. The van der Waals surface area contributed by atoms with E-state index in [4.69, 9.17) is 10.6 Å². The van der Waals surface area contributed by atoms with Gasteiger partial charge in [0.25, 0.3) is 0 Å². The lowest BCUT2D eigenvalue weighted by Gasteiger charge is -2.23. The van der Waals surface area contributed by atoms with Crippen molar-refractivity contribution in [1.29, 1.82) is 0 Å². The van der Waals surface area contributed by atoms with Crippen LogP contribution < -0.4 is 11.3 Å². The van der Waals surface area contributed by atoms with Crippen molar-refractivity contribution in [1.82, 2.24) is 5.43 Å². The number of halogens is 1. The van der Waals surface area contributed by atoms with Crippen molar-refractivity contribution in [3.8, 4) is 0 Å². The molecule has 4 heteroatoms. The maximum absolute atomic E-state index is 5.66. The van der Waals surface area contributed by atoms with Crippen molar-refractivity contribution in [3.63, 3.8) is 0 Å². The summed E-state index contributed by atoms with van der Waals surface area (Å²) in [6.07, 6.45) is 3.92. The number of nitrogens with one attached hydrogen (secondary N) is 1. The summed E-state index contributed by atoms with van der Waals surface area (Å²) in [5, 5.41) is 0. The van der Waals surface area contributed by atoms with Gasteiger partial charge in [-0.3, -0.25) is 5.84 Å². The molecule has 0 aromatic heterocycles. The Morgan fingerprint density at radius 1 is 1.47 bits per heavy atom. The van der Waals surface area contributed by atoms with Gasteiger partial charge >= 0.3 is 0 Å². The molecule has 0 saturated heterocycles. The van der Waals surface area contributed by atoms with E-state index in [1.165, 1.54) is 11.1 Å². The van der Waals surface area contributed by atoms with Gasteiger partial charge in [-0.1, -0.05) is 28.1 Å². The van der Waals surface area contributed by atoms with Crippen LogP contribution in [0.5, 0.6) is 0 Å². The van der Waals surface area contributed by atoms with E-state index in [1.807, 2.05) is 6.26 Å². The van der Waals surface area contributed by atoms with Gasteiger partial charge in [0.1, 0.15) is 0 Å². The molecule has 0 bridgehead atoms. The van der Waals surface area contributed by atoms with Crippen molar-refractivity contribution < 1.29 is 4.74 Å². The Hall–Kier alpha value is -0.840. The number of rotatable bonds is 3. The molecule has 1 aliphatic rings. The van der Waals surface area contributed by atoms with Gasteiger partial charge in [-0.15, -0.1) is 0 Å². The van der Waals surface area contributed by atoms with E-state index in [1.54, 1.807) is 0 Å².